The largest absolute Gasteiger partial charge is 0.351 e. The van der Waals surface area contributed by atoms with Crippen LogP contribution < -0.4 is 5.32 Å². The highest BCUT2D eigenvalue weighted by Crippen LogP contribution is 2.19. The fraction of sp³-hybridized carbons (Fsp3) is 0.417. The van der Waals surface area contributed by atoms with Gasteiger partial charge in [-0.1, -0.05) is 0 Å². The van der Waals surface area contributed by atoms with E-state index < -0.39 is 44.0 Å². The third-order valence-electron chi connectivity index (χ3n) is 3.20. The SMILES string of the molecule is O=C(NCC1CCCS1(=O)=O)c1cc(F)c(F)c(F)c1. The van der Waals surface area contributed by atoms with Crippen molar-refractivity contribution in [2.75, 3.05) is 12.3 Å². The first-order chi connectivity index (χ1) is 9.31. The number of nitrogens with one attached hydrogen (secondary N) is 1. The summed E-state index contributed by atoms with van der Waals surface area (Å²) in [6.07, 6.45) is 0.970. The molecule has 1 aliphatic rings. The molecule has 1 saturated heterocycles. The molecule has 0 radical (unpaired) electrons. The minimum atomic E-state index is -3.21. The molecule has 1 aromatic carbocycles. The fourth-order valence-corrected chi connectivity index (χ4v) is 3.85. The molecular weight excluding hydrogens is 295 g/mol. The van der Waals surface area contributed by atoms with Crippen molar-refractivity contribution in [1.29, 1.82) is 0 Å². The summed E-state index contributed by atoms with van der Waals surface area (Å²) in [4.78, 5) is 11.7. The zero-order valence-electron chi connectivity index (χ0n) is 10.3. The second-order valence-electron chi connectivity index (χ2n) is 4.60. The molecule has 0 aliphatic carbocycles. The summed E-state index contributed by atoms with van der Waals surface area (Å²) in [6.45, 7) is -0.123. The summed E-state index contributed by atoms with van der Waals surface area (Å²) in [5.74, 6) is -5.36. The number of amides is 1. The summed E-state index contributed by atoms with van der Waals surface area (Å²) < 4.78 is 61.8. The summed E-state index contributed by atoms with van der Waals surface area (Å²) in [5, 5.41) is 1.62. The van der Waals surface area contributed by atoms with Crippen LogP contribution in [0.1, 0.15) is 23.2 Å². The van der Waals surface area contributed by atoms with Gasteiger partial charge in [0, 0.05) is 12.1 Å². The van der Waals surface area contributed by atoms with E-state index in [1.807, 2.05) is 0 Å². The number of rotatable bonds is 3. The second kappa shape index (κ2) is 5.43. The Balaban J connectivity index is 2.06. The van der Waals surface area contributed by atoms with Crippen LogP contribution >= 0.6 is 0 Å². The predicted molar refractivity (Wildman–Crippen MR) is 65.5 cm³/mol. The Bertz CT molecular complexity index is 622. The standard InChI is InChI=1S/C12H12F3NO3S/c13-9-4-7(5-10(14)11(9)15)12(17)16-6-8-2-1-3-20(8,18)19/h4-5,8H,1-3,6H2,(H,16,17). The minimum Gasteiger partial charge on any atom is -0.351 e. The molecule has 0 bridgehead atoms. The third kappa shape index (κ3) is 2.95. The monoisotopic (exact) mass is 307 g/mol. The maximum atomic E-state index is 13.0. The first-order valence-corrected chi connectivity index (χ1v) is 7.67. The Labute approximate surface area is 113 Å². The molecule has 0 aromatic heterocycles. The first-order valence-electron chi connectivity index (χ1n) is 5.95. The van der Waals surface area contributed by atoms with E-state index in [1.165, 1.54) is 0 Å². The van der Waals surface area contributed by atoms with Crippen LogP contribution in [0.2, 0.25) is 0 Å². The minimum absolute atomic E-state index is 0.0767. The lowest BCUT2D eigenvalue weighted by Crippen LogP contribution is -2.34. The molecule has 20 heavy (non-hydrogen) atoms. The molecular formula is C12H12F3NO3S. The Morgan fingerprint density at radius 3 is 2.35 bits per heavy atom. The van der Waals surface area contributed by atoms with E-state index in [0.717, 1.165) is 0 Å². The van der Waals surface area contributed by atoms with Gasteiger partial charge in [0.05, 0.1) is 11.0 Å². The number of carbonyl (C=O) groups is 1. The average Bonchev–Trinajstić information content (AvgIpc) is 2.71. The summed E-state index contributed by atoms with van der Waals surface area (Å²) in [6, 6.07) is 1.13. The number of hydrogen-bond acceptors (Lipinski definition) is 3. The van der Waals surface area contributed by atoms with Gasteiger partial charge in [0.25, 0.3) is 5.91 Å². The molecule has 1 amide bonds. The van der Waals surface area contributed by atoms with Gasteiger partial charge in [0.2, 0.25) is 0 Å². The van der Waals surface area contributed by atoms with Gasteiger partial charge >= 0.3 is 0 Å². The highest BCUT2D eigenvalue weighted by atomic mass is 32.2. The van der Waals surface area contributed by atoms with Crippen LogP contribution in [0.4, 0.5) is 13.2 Å². The molecule has 1 aliphatic heterocycles. The van der Waals surface area contributed by atoms with E-state index in [1.54, 1.807) is 0 Å². The molecule has 1 aromatic rings. The van der Waals surface area contributed by atoms with Crippen molar-refractivity contribution in [2.45, 2.75) is 18.1 Å². The first kappa shape index (κ1) is 14.8. The van der Waals surface area contributed by atoms with Gasteiger partial charge in [0.1, 0.15) is 0 Å². The van der Waals surface area contributed by atoms with Crippen molar-refractivity contribution in [1.82, 2.24) is 5.32 Å². The van der Waals surface area contributed by atoms with Crippen LogP contribution in [0.3, 0.4) is 0 Å². The Kier molecular flexibility index (Phi) is 4.03. The van der Waals surface area contributed by atoms with E-state index in [9.17, 15) is 26.4 Å². The third-order valence-corrected chi connectivity index (χ3v) is 5.47. The van der Waals surface area contributed by atoms with Crippen molar-refractivity contribution in [3.05, 3.63) is 35.1 Å². The van der Waals surface area contributed by atoms with Crippen LogP contribution in [-0.4, -0.2) is 31.9 Å². The number of carbonyl (C=O) groups excluding carboxylic acids is 1. The summed E-state index contributed by atoms with van der Waals surface area (Å²) in [7, 11) is -3.21. The maximum absolute atomic E-state index is 13.0. The van der Waals surface area contributed by atoms with E-state index in [-0.39, 0.29) is 12.3 Å². The van der Waals surface area contributed by atoms with Crippen LogP contribution in [0.15, 0.2) is 12.1 Å². The lowest BCUT2D eigenvalue weighted by atomic mass is 10.2. The van der Waals surface area contributed by atoms with Crippen molar-refractivity contribution in [3.8, 4) is 0 Å². The van der Waals surface area contributed by atoms with Gasteiger partial charge in [-0.3, -0.25) is 4.79 Å². The Morgan fingerprint density at radius 2 is 1.85 bits per heavy atom. The smallest absolute Gasteiger partial charge is 0.251 e. The topological polar surface area (TPSA) is 63.2 Å². The lowest BCUT2D eigenvalue weighted by Gasteiger charge is -2.11. The zero-order valence-corrected chi connectivity index (χ0v) is 11.1. The van der Waals surface area contributed by atoms with E-state index in [2.05, 4.69) is 5.32 Å². The molecule has 2 rings (SSSR count). The highest BCUT2D eigenvalue weighted by molar-refractivity contribution is 7.92. The van der Waals surface area contributed by atoms with Gasteiger partial charge in [-0.2, -0.15) is 0 Å². The lowest BCUT2D eigenvalue weighted by molar-refractivity contribution is 0.0952. The number of benzene rings is 1. The van der Waals surface area contributed by atoms with Crippen LogP contribution in [0.5, 0.6) is 0 Å². The van der Waals surface area contributed by atoms with Crippen LogP contribution in [0.25, 0.3) is 0 Å². The highest BCUT2D eigenvalue weighted by Gasteiger charge is 2.31. The molecule has 8 heteroatoms. The number of hydrogen-bond donors (Lipinski definition) is 1. The van der Waals surface area contributed by atoms with Crippen molar-refractivity contribution >= 4 is 15.7 Å². The maximum Gasteiger partial charge on any atom is 0.251 e. The van der Waals surface area contributed by atoms with E-state index >= 15 is 0 Å². The van der Waals surface area contributed by atoms with Gasteiger partial charge in [-0.15, -0.1) is 0 Å². The predicted octanol–water partition coefficient (Wildman–Crippen LogP) is 1.41. The van der Waals surface area contributed by atoms with E-state index in [4.69, 9.17) is 0 Å². The molecule has 1 heterocycles. The Morgan fingerprint density at radius 1 is 1.25 bits per heavy atom. The van der Waals surface area contributed by atoms with Crippen molar-refractivity contribution < 1.29 is 26.4 Å². The summed E-state index contributed by atoms with van der Waals surface area (Å²) in [5.41, 5.74) is -0.392. The van der Waals surface area contributed by atoms with Gasteiger partial charge in [-0.25, -0.2) is 21.6 Å². The average molecular weight is 307 g/mol. The Hall–Kier alpha value is -1.57. The molecule has 4 nitrogen and oxygen atoms in total. The summed E-state index contributed by atoms with van der Waals surface area (Å²) >= 11 is 0. The fourth-order valence-electron chi connectivity index (χ4n) is 2.08. The molecule has 1 atom stereocenters. The molecule has 1 N–H and O–H groups in total. The van der Waals surface area contributed by atoms with Crippen molar-refractivity contribution in [3.63, 3.8) is 0 Å². The number of sulfone groups is 1. The number of halogens is 3. The van der Waals surface area contributed by atoms with Crippen LogP contribution in [-0.2, 0) is 9.84 Å². The molecule has 110 valence electrons. The second-order valence-corrected chi connectivity index (χ2v) is 7.00. The zero-order chi connectivity index (χ0) is 14.9. The molecule has 0 spiro atoms. The van der Waals surface area contributed by atoms with Crippen LogP contribution in [0, 0.1) is 17.5 Å². The molecule has 0 saturated carbocycles. The van der Waals surface area contributed by atoms with Crippen molar-refractivity contribution in [2.24, 2.45) is 0 Å². The molecule has 1 fully saturated rings. The quantitative estimate of drug-likeness (QED) is 0.859. The van der Waals surface area contributed by atoms with Gasteiger partial charge in [-0.05, 0) is 25.0 Å². The van der Waals surface area contributed by atoms with Gasteiger partial charge < -0.3 is 5.32 Å². The normalized spacial score (nSPS) is 20.9. The van der Waals surface area contributed by atoms with E-state index in [0.29, 0.717) is 25.0 Å². The van der Waals surface area contributed by atoms with Gasteiger partial charge in [0.15, 0.2) is 27.3 Å². The molecule has 1 unspecified atom stereocenters.